The number of rotatable bonds is 7. The lowest BCUT2D eigenvalue weighted by atomic mass is 10.1. The van der Waals surface area contributed by atoms with E-state index in [4.69, 9.17) is 4.74 Å². The van der Waals surface area contributed by atoms with Gasteiger partial charge >= 0.3 is 0 Å². The van der Waals surface area contributed by atoms with Crippen molar-refractivity contribution in [2.45, 2.75) is 6.92 Å². The monoisotopic (exact) mass is 314 g/mol. The van der Waals surface area contributed by atoms with Gasteiger partial charge in [0.2, 0.25) is 0 Å². The molecule has 1 aromatic carbocycles. The fourth-order valence-corrected chi connectivity index (χ4v) is 1.84. The van der Waals surface area contributed by atoms with Gasteiger partial charge in [0.1, 0.15) is 0 Å². The maximum absolute atomic E-state index is 11.8. The van der Waals surface area contributed by atoms with E-state index in [0.29, 0.717) is 24.5 Å². The summed E-state index contributed by atoms with van der Waals surface area (Å²) in [5.41, 5.74) is 1.56. The molecule has 0 aliphatic rings. The van der Waals surface area contributed by atoms with E-state index in [0.717, 1.165) is 5.69 Å². The van der Waals surface area contributed by atoms with E-state index in [2.05, 4.69) is 20.8 Å². The highest BCUT2D eigenvalue weighted by Crippen LogP contribution is 2.16. The highest BCUT2D eigenvalue weighted by Gasteiger charge is 2.08. The Morgan fingerprint density at radius 1 is 1.17 bits per heavy atom. The Bertz CT molecular complexity index is 686. The summed E-state index contributed by atoms with van der Waals surface area (Å²) in [5, 5.41) is 13.5. The number of hydrogen-bond acceptors (Lipinski definition) is 6. The fourth-order valence-electron chi connectivity index (χ4n) is 1.84. The molecule has 0 atom stereocenters. The van der Waals surface area contributed by atoms with Crippen LogP contribution < -0.4 is 10.6 Å². The molecule has 0 saturated heterocycles. The summed E-state index contributed by atoms with van der Waals surface area (Å²) < 4.78 is 4.86. The SMILES string of the molecule is COCCNC(=O)c1ccc(Nc2cccc(C(C)=O)c2)nn1. The van der Waals surface area contributed by atoms with E-state index < -0.39 is 0 Å². The Balaban J connectivity index is 2.01. The topological polar surface area (TPSA) is 93.2 Å². The molecule has 0 bridgehead atoms. The van der Waals surface area contributed by atoms with Crippen LogP contribution in [0.15, 0.2) is 36.4 Å². The lowest BCUT2D eigenvalue weighted by molar-refractivity contribution is 0.0930. The molecular weight excluding hydrogens is 296 g/mol. The van der Waals surface area contributed by atoms with E-state index in [9.17, 15) is 9.59 Å². The van der Waals surface area contributed by atoms with Crippen molar-refractivity contribution < 1.29 is 14.3 Å². The van der Waals surface area contributed by atoms with Crippen molar-refractivity contribution in [1.82, 2.24) is 15.5 Å². The quantitative estimate of drug-likeness (QED) is 0.598. The molecule has 0 spiro atoms. The van der Waals surface area contributed by atoms with Crippen LogP contribution in [0.1, 0.15) is 27.8 Å². The molecule has 7 heteroatoms. The Hall–Kier alpha value is -2.80. The van der Waals surface area contributed by atoms with Gasteiger partial charge in [-0.2, -0.15) is 0 Å². The Morgan fingerprint density at radius 2 is 2.00 bits per heavy atom. The molecule has 7 nitrogen and oxygen atoms in total. The van der Waals surface area contributed by atoms with Crippen LogP contribution in [0.5, 0.6) is 0 Å². The van der Waals surface area contributed by atoms with Crippen LogP contribution >= 0.6 is 0 Å². The van der Waals surface area contributed by atoms with Crippen molar-refractivity contribution in [2.24, 2.45) is 0 Å². The predicted octanol–water partition coefficient (Wildman–Crippen LogP) is 1.80. The van der Waals surface area contributed by atoms with Crippen molar-refractivity contribution in [1.29, 1.82) is 0 Å². The number of aromatic nitrogens is 2. The van der Waals surface area contributed by atoms with Crippen LogP contribution in [-0.2, 0) is 4.74 Å². The van der Waals surface area contributed by atoms with Crippen molar-refractivity contribution in [3.05, 3.63) is 47.7 Å². The van der Waals surface area contributed by atoms with Gasteiger partial charge in [0.15, 0.2) is 17.3 Å². The number of nitrogens with one attached hydrogen (secondary N) is 2. The van der Waals surface area contributed by atoms with Gasteiger partial charge in [-0.25, -0.2) is 0 Å². The molecule has 1 heterocycles. The lowest BCUT2D eigenvalue weighted by Gasteiger charge is -2.07. The summed E-state index contributed by atoms with van der Waals surface area (Å²) in [5.74, 6) is 0.168. The zero-order valence-electron chi connectivity index (χ0n) is 13.0. The highest BCUT2D eigenvalue weighted by atomic mass is 16.5. The van der Waals surface area contributed by atoms with Crippen LogP contribution in [0.3, 0.4) is 0 Å². The summed E-state index contributed by atoms with van der Waals surface area (Å²) in [6.45, 7) is 2.36. The molecule has 0 aliphatic heterocycles. The smallest absolute Gasteiger partial charge is 0.271 e. The van der Waals surface area contributed by atoms with Crippen molar-refractivity contribution >= 4 is 23.2 Å². The maximum Gasteiger partial charge on any atom is 0.271 e. The third kappa shape index (κ3) is 4.86. The molecule has 0 radical (unpaired) electrons. The summed E-state index contributed by atoms with van der Waals surface area (Å²) in [4.78, 5) is 23.2. The number of carbonyl (C=O) groups is 2. The van der Waals surface area contributed by atoms with Gasteiger partial charge in [-0.3, -0.25) is 9.59 Å². The van der Waals surface area contributed by atoms with Gasteiger partial charge < -0.3 is 15.4 Å². The summed E-state index contributed by atoms with van der Waals surface area (Å²) in [7, 11) is 1.56. The first-order valence-electron chi connectivity index (χ1n) is 7.09. The summed E-state index contributed by atoms with van der Waals surface area (Å²) in [6, 6.07) is 10.3. The molecule has 120 valence electrons. The van der Waals surface area contributed by atoms with E-state index in [1.807, 2.05) is 6.07 Å². The molecule has 2 N–H and O–H groups in total. The van der Waals surface area contributed by atoms with Gasteiger partial charge in [-0.1, -0.05) is 12.1 Å². The fraction of sp³-hybridized carbons (Fsp3) is 0.250. The number of carbonyl (C=O) groups excluding carboxylic acids is 2. The second kappa shape index (κ2) is 8.00. The minimum atomic E-state index is -0.306. The van der Waals surface area contributed by atoms with E-state index in [1.165, 1.54) is 6.92 Å². The molecule has 2 rings (SSSR count). The van der Waals surface area contributed by atoms with E-state index in [1.54, 1.807) is 37.4 Å². The maximum atomic E-state index is 11.8. The third-order valence-corrected chi connectivity index (χ3v) is 3.03. The number of nitrogens with zero attached hydrogens (tertiary/aromatic N) is 2. The molecule has 2 aromatic rings. The first kappa shape index (κ1) is 16.6. The molecule has 0 saturated carbocycles. The van der Waals surface area contributed by atoms with Gasteiger partial charge in [0.05, 0.1) is 6.61 Å². The number of benzene rings is 1. The van der Waals surface area contributed by atoms with Gasteiger partial charge in [0, 0.05) is 24.9 Å². The molecular formula is C16H18N4O3. The molecule has 0 fully saturated rings. The second-order valence-electron chi connectivity index (χ2n) is 4.81. The Labute approximate surface area is 134 Å². The Kier molecular flexibility index (Phi) is 5.76. The molecule has 0 unspecified atom stereocenters. The van der Waals surface area contributed by atoms with Crippen LogP contribution in [-0.4, -0.2) is 42.1 Å². The number of ether oxygens (including phenoxy) is 1. The predicted molar refractivity (Wildman–Crippen MR) is 86.0 cm³/mol. The average Bonchev–Trinajstić information content (AvgIpc) is 2.56. The average molecular weight is 314 g/mol. The molecule has 0 aliphatic carbocycles. The highest BCUT2D eigenvalue weighted by molar-refractivity contribution is 5.95. The van der Waals surface area contributed by atoms with Gasteiger partial charge in [0.25, 0.3) is 5.91 Å². The third-order valence-electron chi connectivity index (χ3n) is 3.03. The largest absolute Gasteiger partial charge is 0.383 e. The van der Waals surface area contributed by atoms with Crippen LogP contribution in [0.4, 0.5) is 11.5 Å². The molecule has 1 aromatic heterocycles. The van der Waals surface area contributed by atoms with Crippen LogP contribution in [0.2, 0.25) is 0 Å². The zero-order chi connectivity index (χ0) is 16.7. The Morgan fingerprint density at radius 3 is 2.65 bits per heavy atom. The van der Waals surface area contributed by atoms with Crippen LogP contribution in [0.25, 0.3) is 0 Å². The number of anilines is 2. The van der Waals surface area contributed by atoms with Crippen LogP contribution in [0, 0.1) is 0 Å². The number of ketones is 1. The number of amides is 1. The summed E-state index contributed by atoms with van der Waals surface area (Å²) >= 11 is 0. The van der Waals surface area contributed by atoms with Gasteiger partial charge in [-0.05, 0) is 31.2 Å². The van der Waals surface area contributed by atoms with E-state index in [-0.39, 0.29) is 17.4 Å². The zero-order valence-corrected chi connectivity index (χ0v) is 13.0. The van der Waals surface area contributed by atoms with Crippen molar-refractivity contribution in [2.75, 3.05) is 25.6 Å². The molecule has 1 amide bonds. The first-order valence-corrected chi connectivity index (χ1v) is 7.09. The standard InChI is InChI=1S/C16H18N4O3/c1-11(21)12-4-3-5-13(10-12)18-15-7-6-14(19-20-15)16(22)17-8-9-23-2/h3-7,10H,8-9H2,1-2H3,(H,17,22)(H,18,20). The number of hydrogen-bond donors (Lipinski definition) is 2. The van der Waals surface area contributed by atoms with Crippen molar-refractivity contribution in [3.63, 3.8) is 0 Å². The lowest BCUT2D eigenvalue weighted by Crippen LogP contribution is -2.27. The first-order chi connectivity index (χ1) is 11.1. The van der Waals surface area contributed by atoms with E-state index >= 15 is 0 Å². The normalized spacial score (nSPS) is 10.2. The number of methoxy groups -OCH3 is 1. The minimum absolute atomic E-state index is 0.0113. The minimum Gasteiger partial charge on any atom is -0.383 e. The summed E-state index contributed by atoms with van der Waals surface area (Å²) in [6.07, 6.45) is 0. The second-order valence-corrected chi connectivity index (χ2v) is 4.81. The van der Waals surface area contributed by atoms with Gasteiger partial charge in [-0.15, -0.1) is 10.2 Å². The molecule has 23 heavy (non-hydrogen) atoms. The number of Topliss-reactive ketones (excluding diaryl/α,β-unsaturated/α-hetero) is 1. The van der Waals surface area contributed by atoms with Crippen molar-refractivity contribution in [3.8, 4) is 0 Å².